The molecule has 1 saturated heterocycles. The average Bonchev–Trinajstić information content (AvgIpc) is 2.86. The van der Waals surface area contributed by atoms with Crippen LogP contribution in [0.1, 0.15) is 26.7 Å². The number of hydrogen-bond donors (Lipinski definition) is 1. The second-order valence-electron chi connectivity index (χ2n) is 6.37. The monoisotopic (exact) mass is 294 g/mol. The summed E-state index contributed by atoms with van der Waals surface area (Å²) in [5.41, 5.74) is 0.903. The zero-order valence-electron chi connectivity index (χ0n) is 13.3. The molecule has 0 bridgehead atoms. The Morgan fingerprint density at radius 1 is 1.33 bits per heavy atom. The first kappa shape index (κ1) is 16.2. The van der Waals surface area contributed by atoms with Gasteiger partial charge in [-0.2, -0.15) is 0 Å². The maximum Gasteiger partial charge on any atom is 0.125 e. The number of halogens is 1. The van der Waals surface area contributed by atoms with Crippen molar-refractivity contribution in [2.24, 2.45) is 5.92 Å². The molecule has 4 heteroatoms. The third-order valence-electron chi connectivity index (χ3n) is 3.85. The fourth-order valence-corrected chi connectivity index (χ4v) is 2.72. The van der Waals surface area contributed by atoms with Gasteiger partial charge in [-0.05, 0) is 43.5 Å². The van der Waals surface area contributed by atoms with Gasteiger partial charge in [-0.1, -0.05) is 19.9 Å². The lowest BCUT2D eigenvalue weighted by Crippen LogP contribution is -2.32. The van der Waals surface area contributed by atoms with Gasteiger partial charge < -0.3 is 15.0 Å². The summed E-state index contributed by atoms with van der Waals surface area (Å²) in [6, 6.07) is 6.71. The Kier molecular flexibility index (Phi) is 6.00. The number of anilines is 1. The molecule has 0 spiro atoms. The summed E-state index contributed by atoms with van der Waals surface area (Å²) in [6.45, 7) is 7.19. The molecule has 1 heterocycles. The normalized spacial score (nSPS) is 22.0. The van der Waals surface area contributed by atoms with Crippen molar-refractivity contribution in [2.45, 2.75) is 38.9 Å². The van der Waals surface area contributed by atoms with Gasteiger partial charge in [0, 0.05) is 25.8 Å². The van der Waals surface area contributed by atoms with Gasteiger partial charge in [-0.3, -0.25) is 0 Å². The number of hydrogen-bond acceptors (Lipinski definition) is 3. The Morgan fingerprint density at radius 3 is 2.81 bits per heavy atom. The van der Waals surface area contributed by atoms with E-state index in [1.54, 1.807) is 12.1 Å². The number of rotatable bonds is 7. The van der Waals surface area contributed by atoms with Crippen LogP contribution in [0.15, 0.2) is 24.3 Å². The lowest BCUT2D eigenvalue weighted by Gasteiger charge is -2.23. The van der Waals surface area contributed by atoms with Crippen LogP contribution in [0.25, 0.3) is 0 Å². The Bertz CT molecular complexity index is 439. The average molecular weight is 294 g/mol. The van der Waals surface area contributed by atoms with Crippen molar-refractivity contribution in [1.82, 2.24) is 5.32 Å². The summed E-state index contributed by atoms with van der Waals surface area (Å²) in [7, 11) is 1.99. The molecule has 3 nitrogen and oxygen atoms in total. The van der Waals surface area contributed by atoms with Crippen LogP contribution in [0.3, 0.4) is 0 Å². The Hall–Kier alpha value is -1.13. The summed E-state index contributed by atoms with van der Waals surface area (Å²) in [4.78, 5) is 2.07. The van der Waals surface area contributed by atoms with E-state index in [1.165, 1.54) is 6.07 Å². The molecule has 2 atom stereocenters. The number of likely N-dealkylation sites (N-methyl/N-ethyl adjacent to an activating group) is 1. The molecule has 0 radical (unpaired) electrons. The molecule has 1 fully saturated rings. The summed E-state index contributed by atoms with van der Waals surface area (Å²) in [6.07, 6.45) is 2.74. The molecule has 1 aliphatic rings. The molecule has 0 amide bonds. The van der Waals surface area contributed by atoms with Crippen LogP contribution >= 0.6 is 0 Å². The molecule has 2 rings (SSSR count). The number of nitrogens with zero attached hydrogens (tertiary/aromatic N) is 1. The predicted molar refractivity (Wildman–Crippen MR) is 85.3 cm³/mol. The number of nitrogens with one attached hydrogen (secondary N) is 1. The fourth-order valence-electron chi connectivity index (χ4n) is 2.72. The predicted octanol–water partition coefficient (Wildman–Crippen LogP) is 3.06. The minimum absolute atomic E-state index is 0.192. The zero-order chi connectivity index (χ0) is 15.2. The standard InChI is InChI=1S/C17H27FN2O/c1-13(2)10-19-11-16-7-8-17(21-16)12-20(3)15-6-4-5-14(18)9-15/h4-6,9,13,16-17,19H,7-8,10-12H2,1-3H3. The molecule has 1 N–H and O–H groups in total. The SMILES string of the molecule is CC(C)CNCC1CCC(CN(C)c2cccc(F)c2)O1. The van der Waals surface area contributed by atoms with Crippen molar-refractivity contribution >= 4 is 5.69 Å². The minimum atomic E-state index is -0.192. The Balaban J connectivity index is 1.74. The molecule has 118 valence electrons. The molecule has 0 saturated carbocycles. The number of benzene rings is 1. The van der Waals surface area contributed by atoms with Gasteiger partial charge in [0.15, 0.2) is 0 Å². The maximum absolute atomic E-state index is 13.2. The van der Waals surface area contributed by atoms with Crippen molar-refractivity contribution in [2.75, 3.05) is 31.6 Å². The summed E-state index contributed by atoms with van der Waals surface area (Å²) >= 11 is 0. The van der Waals surface area contributed by atoms with E-state index in [0.717, 1.165) is 38.2 Å². The zero-order valence-corrected chi connectivity index (χ0v) is 13.3. The second-order valence-corrected chi connectivity index (χ2v) is 6.37. The van der Waals surface area contributed by atoms with Crippen LogP contribution in [-0.2, 0) is 4.74 Å². The minimum Gasteiger partial charge on any atom is -0.372 e. The number of ether oxygens (including phenoxy) is 1. The highest BCUT2D eigenvalue weighted by Crippen LogP contribution is 2.22. The largest absolute Gasteiger partial charge is 0.372 e. The smallest absolute Gasteiger partial charge is 0.125 e. The van der Waals surface area contributed by atoms with Gasteiger partial charge in [-0.15, -0.1) is 0 Å². The van der Waals surface area contributed by atoms with Gasteiger partial charge >= 0.3 is 0 Å². The van der Waals surface area contributed by atoms with Crippen molar-refractivity contribution in [3.63, 3.8) is 0 Å². The van der Waals surface area contributed by atoms with Crippen molar-refractivity contribution < 1.29 is 9.13 Å². The van der Waals surface area contributed by atoms with Crippen molar-refractivity contribution in [3.05, 3.63) is 30.1 Å². The molecule has 0 aliphatic carbocycles. The van der Waals surface area contributed by atoms with Crippen LogP contribution < -0.4 is 10.2 Å². The highest BCUT2D eigenvalue weighted by molar-refractivity contribution is 5.45. The second kappa shape index (κ2) is 7.76. The van der Waals surface area contributed by atoms with Crippen molar-refractivity contribution in [1.29, 1.82) is 0 Å². The molecule has 2 unspecified atom stereocenters. The first-order chi connectivity index (χ1) is 10.0. The third-order valence-corrected chi connectivity index (χ3v) is 3.85. The van der Waals surface area contributed by atoms with E-state index in [-0.39, 0.29) is 11.9 Å². The fraction of sp³-hybridized carbons (Fsp3) is 0.647. The topological polar surface area (TPSA) is 24.5 Å². The van der Waals surface area contributed by atoms with Crippen molar-refractivity contribution in [3.8, 4) is 0 Å². The Labute approximate surface area is 127 Å². The summed E-state index contributed by atoms with van der Waals surface area (Å²) < 4.78 is 19.3. The molecule has 1 aromatic carbocycles. The van der Waals surface area contributed by atoms with E-state index in [4.69, 9.17) is 4.74 Å². The van der Waals surface area contributed by atoms with E-state index in [1.807, 2.05) is 13.1 Å². The first-order valence-electron chi connectivity index (χ1n) is 7.87. The third kappa shape index (κ3) is 5.29. The molecular weight excluding hydrogens is 267 g/mol. The summed E-state index contributed by atoms with van der Waals surface area (Å²) in [5.74, 6) is 0.476. The molecule has 1 aliphatic heterocycles. The van der Waals surface area contributed by atoms with E-state index in [0.29, 0.717) is 12.0 Å². The van der Waals surface area contributed by atoms with Gasteiger partial charge in [0.2, 0.25) is 0 Å². The summed E-state index contributed by atoms with van der Waals surface area (Å²) in [5, 5.41) is 3.45. The molecule has 21 heavy (non-hydrogen) atoms. The van der Waals surface area contributed by atoms with Gasteiger partial charge in [0.1, 0.15) is 5.82 Å². The van der Waals surface area contributed by atoms with E-state index in [9.17, 15) is 4.39 Å². The van der Waals surface area contributed by atoms with Crippen LogP contribution in [-0.4, -0.2) is 38.9 Å². The lowest BCUT2D eigenvalue weighted by molar-refractivity contribution is 0.0497. The highest BCUT2D eigenvalue weighted by Gasteiger charge is 2.26. The van der Waals surface area contributed by atoms with E-state index < -0.39 is 0 Å². The molecule has 0 aromatic heterocycles. The highest BCUT2D eigenvalue weighted by atomic mass is 19.1. The first-order valence-corrected chi connectivity index (χ1v) is 7.87. The van der Waals surface area contributed by atoms with Crippen LogP contribution in [0, 0.1) is 11.7 Å². The van der Waals surface area contributed by atoms with E-state index in [2.05, 4.69) is 24.1 Å². The maximum atomic E-state index is 13.2. The van der Waals surface area contributed by atoms with Gasteiger partial charge in [0.05, 0.1) is 12.2 Å². The quantitative estimate of drug-likeness (QED) is 0.836. The molecular formula is C17H27FN2O. The van der Waals surface area contributed by atoms with Crippen LogP contribution in [0.5, 0.6) is 0 Å². The van der Waals surface area contributed by atoms with E-state index >= 15 is 0 Å². The lowest BCUT2D eigenvalue weighted by atomic mass is 10.1. The molecule has 1 aromatic rings. The van der Waals surface area contributed by atoms with Gasteiger partial charge in [0.25, 0.3) is 0 Å². The van der Waals surface area contributed by atoms with Crippen LogP contribution in [0.4, 0.5) is 10.1 Å². The van der Waals surface area contributed by atoms with Gasteiger partial charge in [-0.25, -0.2) is 4.39 Å². The Morgan fingerprint density at radius 2 is 2.10 bits per heavy atom. The van der Waals surface area contributed by atoms with Crippen LogP contribution in [0.2, 0.25) is 0 Å².